The monoisotopic (exact) mass is 667 g/mol. The number of carbonyl (C=O) groups is 3. The van der Waals surface area contributed by atoms with Crippen molar-refractivity contribution >= 4 is 35.0 Å². The van der Waals surface area contributed by atoms with Crippen LogP contribution in [0, 0.1) is 18.8 Å². The van der Waals surface area contributed by atoms with Crippen molar-refractivity contribution in [2.24, 2.45) is 11.8 Å². The van der Waals surface area contributed by atoms with Crippen LogP contribution in [0.3, 0.4) is 0 Å². The zero-order valence-electron chi connectivity index (χ0n) is 27.4. The SMILES string of the molecule is C=CCN(Cc1ccccc1)C(=O)[C@H]1[C@H]2C(=O)N([C@H](CO)c3ccccc3)C(C(=O)N(CC=C)c3c(C)cccc3Cl)C23CC[C@]1(C)O3. The van der Waals surface area contributed by atoms with E-state index in [4.69, 9.17) is 16.3 Å². The molecule has 48 heavy (non-hydrogen) atoms. The number of anilines is 1. The smallest absolute Gasteiger partial charge is 0.253 e. The van der Waals surface area contributed by atoms with Gasteiger partial charge in [0.25, 0.3) is 5.91 Å². The highest BCUT2D eigenvalue weighted by atomic mass is 35.5. The van der Waals surface area contributed by atoms with E-state index in [1.807, 2.05) is 86.6 Å². The van der Waals surface area contributed by atoms with Crippen molar-refractivity contribution < 1.29 is 24.2 Å². The predicted octanol–water partition coefficient (Wildman–Crippen LogP) is 5.88. The maximum absolute atomic E-state index is 15.2. The summed E-state index contributed by atoms with van der Waals surface area (Å²) in [4.78, 5) is 49.7. The largest absolute Gasteiger partial charge is 0.394 e. The minimum absolute atomic E-state index is 0.127. The van der Waals surface area contributed by atoms with Gasteiger partial charge in [-0.05, 0) is 49.4 Å². The van der Waals surface area contributed by atoms with E-state index in [-0.39, 0.29) is 24.9 Å². The molecule has 250 valence electrons. The van der Waals surface area contributed by atoms with E-state index < -0.39 is 47.6 Å². The molecule has 9 heteroatoms. The fourth-order valence-corrected chi connectivity index (χ4v) is 8.63. The van der Waals surface area contributed by atoms with Gasteiger partial charge in [-0.25, -0.2) is 0 Å². The Balaban J connectivity index is 1.49. The summed E-state index contributed by atoms with van der Waals surface area (Å²) in [6, 6.07) is 22.3. The van der Waals surface area contributed by atoms with E-state index in [0.717, 1.165) is 11.1 Å². The van der Waals surface area contributed by atoms with E-state index in [1.165, 1.54) is 4.90 Å². The molecule has 3 fully saturated rings. The zero-order valence-corrected chi connectivity index (χ0v) is 28.2. The molecule has 3 amide bonds. The van der Waals surface area contributed by atoms with Gasteiger partial charge in [0.15, 0.2) is 0 Å². The molecule has 0 aliphatic carbocycles. The van der Waals surface area contributed by atoms with Crippen molar-refractivity contribution in [2.75, 3.05) is 24.6 Å². The summed E-state index contributed by atoms with van der Waals surface area (Å²) >= 11 is 6.73. The molecule has 0 radical (unpaired) electrons. The minimum atomic E-state index is -1.31. The lowest BCUT2D eigenvalue weighted by molar-refractivity contribution is -0.152. The molecule has 1 N–H and O–H groups in total. The summed E-state index contributed by atoms with van der Waals surface area (Å²) in [6.07, 6.45) is 4.18. The molecule has 6 rings (SSSR count). The average molecular weight is 668 g/mol. The Morgan fingerprint density at radius 1 is 1.00 bits per heavy atom. The lowest BCUT2D eigenvalue weighted by Gasteiger charge is -2.40. The van der Waals surface area contributed by atoms with Gasteiger partial charge in [-0.2, -0.15) is 0 Å². The normalized spacial score (nSPS) is 26.2. The maximum atomic E-state index is 15.2. The number of hydrogen-bond acceptors (Lipinski definition) is 5. The highest BCUT2D eigenvalue weighted by Gasteiger charge is 2.79. The lowest BCUT2D eigenvalue weighted by atomic mass is 9.66. The standard InChI is InChI=1S/C39H42ClN3O5/c1-5-22-41(24-27-15-9-7-10-16-27)35(45)31-32-36(46)43(30(25-44)28-17-11-8-12-18-28)34(39(32)21-20-38(31,4)48-39)37(47)42(23-6-2)33-26(3)14-13-19-29(33)40/h5-19,30-32,34,44H,1-2,20-25H2,3-4H3/t30-,31-,32+,34?,38+,39?/m1/s1. The highest BCUT2D eigenvalue weighted by Crippen LogP contribution is 2.64. The first-order valence-corrected chi connectivity index (χ1v) is 16.8. The summed E-state index contributed by atoms with van der Waals surface area (Å²) in [5.74, 6) is -2.81. The number of hydrogen-bond donors (Lipinski definition) is 1. The maximum Gasteiger partial charge on any atom is 0.253 e. The second kappa shape index (κ2) is 13.3. The van der Waals surface area contributed by atoms with Crippen LogP contribution in [0.25, 0.3) is 0 Å². The second-order valence-electron chi connectivity index (χ2n) is 13.2. The van der Waals surface area contributed by atoms with Crippen molar-refractivity contribution in [1.82, 2.24) is 9.80 Å². The van der Waals surface area contributed by atoms with Gasteiger partial charge in [0.05, 0.1) is 40.8 Å². The van der Waals surface area contributed by atoms with Gasteiger partial charge in [0.1, 0.15) is 11.6 Å². The number of carbonyl (C=O) groups excluding carboxylic acids is 3. The van der Waals surface area contributed by atoms with E-state index in [0.29, 0.717) is 35.7 Å². The molecule has 3 aromatic carbocycles. The van der Waals surface area contributed by atoms with Crippen molar-refractivity contribution in [1.29, 1.82) is 0 Å². The Labute approximate surface area is 287 Å². The summed E-state index contributed by atoms with van der Waals surface area (Å²) < 4.78 is 6.95. The first-order chi connectivity index (χ1) is 23.1. The molecular formula is C39H42ClN3O5. The molecular weight excluding hydrogens is 626 g/mol. The first kappa shape index (κ1) is 33.7. The number of halogens is 1. The van der Waals surface area contributed by atoms with Gasteiger partial charge in [-0.1, -0.05) is 96.5 Å². The summed E-state index contributed by atoms with van der Waals surface area (Å²) in [7, 11) is 0. The molecule has 3 aliphatic rings. The molecule has 3 aliphatic heterocycles. The van der Waals surface area contributed by atoms with Crippen LogP contribution >= 0.6 is 11.6 Å². The average Bonchev–Trinajstić information content (AvgIpc) is 3.65. The Bertz CT molecular complexity index is 1700. The number of fused-ring (bicyclic) bond motifs is 1. The molecule has 2 bridgehead atoms. The second-order valence-corrected chi connectivity index (χ2v) is 13.6. The number of aryl methyl sites for hydroxylation is 1. The van der Waals surface area contributed by atoms with Crippen LogP contribution < -0.4 is 4.90 Å². The first-order valence-electron chi connectivity index (χ1n) is 16.4. The van der Waals surface area contributed by atoms with E-state index >= 15 is 9.59 Å². The van der Waals surface area contributed by atoms with E-state index in [1.54, 1.807) is 28.0 Å². The van der Waals surface area contributed by atoms with Crippen LogP contribution in [0.15, 0.2) is 104 Å². The lowest BCUT2D eigenvalue weighted by Crippen LogP contribution is -2.57. The molecule has 6 atom stereocenters. The molecule has 3 aromatic rings. The topological polar surface area (TPSA) is 90.4 Å². The third-order valence-electron chi connectivity index (χ3n) is 10.3. The molecule has 0 saturated carbocycles. The number of ether oxygens (including phenoxy) is 1. The van der Waals surface area contributed by atoms with Crippen LogP contribution in [0.4, 0.5) is 5.69 Å². The van der Waals surface area contributed by atoms with Crippen molar-refractivity contribution in [3.05, 3.63) is 126 Å². The quantitative estimate of drug-likeness (QED) is 0.244. The number of aliphatic hydroxyl groups excluding tert-OH is 1. The summed E-state index contributed by atoms with van der Waals surface area (Å²) in [6.45, 7) is 11.9. The van der Waals surface area contributed by atoms with Crippen LogP contribution in [-0.2, 0) is 25.7 Å². The van der Waals surface area contributed by atoms with Gasteiger partial charge in [-0.15, -0.1) is 13.2 Å². The Morgan fingerprint density at radius 2 is 1.67 bits per heavy atom. The van der Waals surface area contributed by atoms with E-state index in [9.17, 15) is 9.90 Å². The summed E-state index contributed by atoms with van der Waals surface area (Å²) in [5, 5.41) is 11.3. The predicted molar refractivity (Wildman–Crippen MR) is 186 cm³/mol. The number of likely N-dealkylation sites (tertiary alicyclic amines) is 1. The molecule has 0 aromatic heterocycles. The minimum Gasteiger partial charge on any atom is -0.394 e. The van der Waals surface area contributed by atoms with Gasteiger partial charge in [0, 0.05) is 19.6 Å². The van der Waals surface area contributed by atoms with Crippen molar-refractivity contribution in [3.8, 4) is 0 Å². The third-order valence-corrected chi connectivity index (χ3v) is 10.6. The van der Waals surface area contributed by atoms with Crippen molar-refractivity contribution in [2.45, 2.75) is 56.5 Å². The van der Waals surface area contributed by atoms with E-state index in [2.05, 4.69) is 13.2 Å². The Kier molecular flexibility index (Phi) is 9.35. The van der Waals surface area contributed by atoms with Gasteiger partial charge in [-0.3, -0.25) is 14.4 Å². The number of amides is 3. The highest BCUT2D eigenvalue weighted by molar-refractivity contribution is 6.34. The fraction of sp³-hybridized carbons (Fsp3) is 0.359. The number of benzene rings is 3. The number of para-hydroxylation sites is 1. The molecule has 3 heterocycles. The number of rotatable bonds is 12. The number of nitrogens with zero attached hydrogens (tertiary/aromatic N) is 3. The fourth-order valence-electron chi connectivity index (χ4n) is 8.31. The third kappa shape index (κ3) is 5.46. The van der Waals surface area contributed by atoms with Crippen LogP contribution in [0.2, 0.25) is 5.02 Å². The Morgan fingerprint density at radius 3 is 2.29 bits per heavy atom. The van der Waals surface area contributed by atoms with Crippen LogP contribution in [0.5, 0.6) is 0 Å². The molecule has 1 spiro atoms. The molecule has 2 unspecified atom stereocenters. The number of aliphatic hydroxyl groups is 1. The zero-order chi connectivity index (χ0) is 34.2. The van der Waals surface area contributed by atoms with Crippen LogP contribution in [-0.4, -0.2) is 69.6 Å². The van der Waals surface area contributed by atoms with Gasteiger partial charge < -0.3 is 24.5 Å². The molecule has 3 saturated heterocycles. The molecule has 8 nitrogen and oxygen atoms in total. The van der Waals surface area contributed by atoms with Crippen LogP contribution in [0.1, 0.15) is 42.5 Å². The summed E-state index contributed by atoms with van der Waals surface area (Å²) in [5.41, 5.74) is 0.622. The van der Waals surface area contributed by atoms with Gasteiger partial charge in [0.2, 0.25) is 11.8 Å². The van der Waals surface area contributed by atoms with Crippen molar-refractivity contribution in [3.63, 3.8) is 0 Å². The van der Waals surface area contributed by atoms with Gasteiger partial charge >= 0.3 is 0 Å². The Hall–Kier alpha value is -4.24.